The first-order chi connectivity index (χ1) is 13.5. The molecule has 0 aliphatic carbocycles. The Morgan fingerprint density at radius 2 is 1.71 bits per heavy atom. The molecule has 8 nitrogen and oxygen atoms in total. The zero-order valence-corrected chi connectivity index (χ0v) is 15.5. The molecule has 2 aliphatic heterocycles. The summed E-state index contributed by atoms with van der Waals surface area (Å²) >= 11 is 0. The van der Waals surface area contributed by atoms with E-state index in [0.717, 1.165) is 17.7 Å². The van der Waals surface area contributed by atoms with Gasteiger partial charge in [0.25, 0.3) is 5.56 Å². The molecule has 0 N–H and O–H groups in total. The Bertz CT molecular complexity index is 975. The molecule has 2 aromatic rings. The summed E-state index contributed by atoms with van der Waals surface area (Å²) in [6, 6.07) is 7.29. The zero-order valence-electron chi connectivity index (χ0n) is 15.5. The highest BCUT2D eigenvalue weighted by Crippen LogP contribution is 2.20. The predicted octanol–water partition coefficient (Wildman–Crippen LogP) is 0.784. The van der Waals surface area contributed by atoms with Crippen molar-refractivity contribution in [1.82, 2.24) is 19.4 Å². The van der Waals surface area contributed by atoms with Crippen molar-refractivity contribution in [3.05, 3.63) is 40.9 Å². The smallest absolute Gasteiger partial charge is 0.261 e. The summed E-state index contributed by atoms with van der Waals surface area (Å²) in [7, 11) is 0. The van der Waals surface area contributed by atoms with Crippen molar-refractivity contribution in [3.63, 3.8) is 0 Å². The Hall–Kier alpha value is -3.03. The highest BCUT2D eigenvalue weighted by atomic mass is 16.2. The van der Waals surface area contributed by atoms with Crippen LogP contribution >= 0.6 is 0 Å². The van der Waals surface area contributed by atoms with Gasteiger partial charge in [0.2, 0.25) is 17.7 Å². The maximum atomic E-state index is 12.6. The SMILES string of the molecule is O=C(CN1C(=O)CCC1=O)N1CCC(Cn2cnc3ccccc3c2=O)CC1. The van der Waals surface area contributed by atoms with Gasteiger partial charge in [0, 0.05) is 32.5 Å². The van der Waals surface area contributed by atoms with Crippen molar-refractivity contribution in [2.75, 3.05) is 19.6 Å². The van der Waals surface area contributed by atoms with Gasteiger partial charge in [-0.1, -0.05) is 12.1 Å². The van der Waals surface area contributed by atoms with E-state index in [4.69, 9.17) is 0 Å². The fourth-order valence-corrected chi connectivity index (χ4v) is 3.91. The van der Waals surface area contributed by atoms with Gasteiger partial charge in [0.05, 0.1) is 17.2 Å². The number of carbonyl (C=O) groups excluding carboxylic acids is 3. The van der Waals surface area contributed by atoms with Crippen LogP contribution in [0.2, 0.25) is 0 Å². The molecule has 0 bridgehead atoms. The predicted molar refractivity (Wildman–Crippen MR) is 101 cm³/mol. The molecular formula is C20H22N4O4. The maximum absolute atomic E-state index is 12.6. The average molecular weight is 382 g/mol. The summed E-state index contributed by atoms with van der Waals surface area (Å²) in [5.74, 6) is -0.445. The molecule has 0 atom stereocenters. The van der Waals surface area contributed by atoms with Gasteiger partial charge in [-0.15, -0.1) is 0 Å². The second kappa shape index (κ2) is 7.53. The molecule has 8 heteroatoms. The zero-order chi connectivity index (χ0) is 19.7. The minimum absolute atomic E-state index is 0.0461. The number of aromatic nitrogens is 2. The molecule has 3 heterocycles. The largest absolute Gasteiger partial charge is 0.341 e. The molecule has 28 heavy (non-hydrogen) atoms. The summed E-state index contributed by atoms with van der Waals surface area (Å²) in [6.07, 6.45) is 3.53. The van der Waals surface area contributed by atoms with Crippen LogP contribution in [0.25, 0.3) is 10.9 Å². The van der Waals surface area contributed by atoms with Gasteiger partial charge in [-0.05, 0) is 30.9 Å². The van der Waals surface area contributed by atoms with Crippen LogP contribution < -0.4 is 5.56 Å². The number of piperidine rings is 1. The molecule has 0 spiro atoms. The van der Waals surface area contributed by atoms with Crippen LogP contribution in [0.5, 0.6) is 0 Å². The summed E-state index contributed by atoms with van der Waals surface area (Å²) in [4.78, 5) is 55.5. The lowest BCUT2D eigenvalue weighted by molar-refractivity contribution is -0.146. The van der Waals surface area contributed by atoms with E-state index in [1.165, 1.54) is 0 Å². The van der Waals surface area contributed by atoms with Gasteiger partial charge in [-0.2, -0.15) is 0 Å². The van der Waals surface area contributed by atoms with Gasteiger partial charge in [0.1, 0.15) is 6.54 Å². The minimum atomic E-state index is -0.267. The normalized spacial score (nSPS) is 18.3. The number of carbonyl (C=O) groups is 3. The number of nitrogens with zero attached hydrogens (tertiary/aromatic N) is 4. The van der Waals surface area contributed by atoms with Crippen molar-refractivity contribution < 1.29 is 14.4 Å². The van der Waals surface area contributed by atoms with Crippen molar-refractivity contribution in [2.24, 2.45) is 5.92 Å². The molecule has 2 aliphatic rings. The van der Waals surface area contributed by atoms with E-state index in [-0.39, 0.29) is 48.6 Å². The second-order valence-electron chi connectivity index (χ2n) is 7.42. The highest BCUT2D eigenvalue weighted by Gasteiger charge is 2.32. The van der Waals surface area contributed by atoms with Crippen molar-refractivity contribution in [1.29, 1.82) is 0 Å². The Morgan fingerprint density at radius 1 is 1.04 bits per heavy atom. The fourth-order valence-electron chi connectivity index (χ4n) is 3.91. The van der Waals surface area contributed by atoms with E-state index in [1.807, 2.05) is 18.2 Å². The summed E-state index contributed by atoms with van der Waals surface area (Å²) in [5.41, 5.74) is 0.644. The molecular weight excluding hydrogens is 360 g/mol. The molecule has 1 aromatic heterocycles. The molecule has 2 saturated heterocycles. The molecule has 1 aromatic carbocycles. The standard InChI is InChI=1S/C20H22N4O4/c25-17-5-6-18(26)24(17)12-19(27)22-9-7-14(8-10-22)11-23-13-21-16-4-2-1-3-15(16)20(23)28/h1-4,13-14H,5-12H2. The monoisotopic (exact) mass is 382 g/mol. The lowest BCUT2D eigenvalue weighted by atomic mass is 9.96. The van der Waals surface area contributed by atoms with E-state index in [0.29, 0.717) is 30.5 Å². The molecule has 4 rings (SSSR count). The highest BCUT2D eigenvalue weighted by molar-refractivity contribution is 6.04. The topological polar surface area (TPSA) is 92.6 Å². The van der Waals surface area contributed by atoms with Gasteiger partial charge >= 0.3 is 0 Å². The Balaban J connectivity index is 1.35. The number of fused-ring (bicyclic) bond motifs is 1. The van der Waals surface area contributed by atoms with E-state index in [9.17, 15) is 19.2 Å². The Labute approximate surface area is 161 Å². The average Bonchev–Trinajstić information content (AvgIpc) is 3.03. The third-order valence-corrected chi connectivity index (χ3v) is 5.60. The molecule has 0 saturated carbocycles. The van der Waals surface area contributed by atoms with E-state index < -0.39 is 0 Å². The number of rotatable bonds is 4. The number of benzene rings is 1. The van der Waals surface area contributed by atoms with Crippen molar-refractivity contribution >= 4 is 28.6 Å². The van der Waals surface area contributed by atoms with Gasteiger partial charge in [-0.25, -0.2) is 4.98 Å². The van der Waals surface area contributed by atoms with E-state index in [2.05, 4.69) is 4.98 Å². The van der Waals surface area contributed by atoms with Crippen molar-refractivity contribution in [3.8, 4) is 0 Å². The number of imide groups is 1. The van der Waals surface area contributed by atoms with Gasteiger partial charge in [0.15, 0.2) is 0 Å². The third kappa shape index (κ3) is 3.54. The number of hydrogen-bond acceptors (Lipinski definition) is 5. The quantitative estimate of drug-likeness (QED) is 0.729. The van der Waals surface area contributed by atoms with Crippen LogP contribution in [0.1, 0.15) is 25.7 Å². The molecule has 0 unspecified atom stereocenters. The lowest BCUT2D eigenvalue weighted by Crippen LogP contribution is -2.46. The summed E-state index contributed by atoms with van der Waals surface area (Å²) in [6.45, 7) is 1.54. The maximum Gasteiger partial charge on any atom is 0.261 e. The molecule has 0 radical (unpaired) electrons. The number of para-hydroxylation sites is 1. The summed E-state index contributed by atoms with van der Waals surface area (Å²) in [5, 5.41) is 0.609. The molecule has 3 amide bonds. The second-order valence-corrected chi connectivity index (χ2v) is 7.42. The van der Waals surface area contributed by atoms with Crippen LogP contribution in [-0.4, -0.2) is 56.7 Å². The molecule has 146 valence electrons. The van der Waals surface area contributed by atoms with Crippen molar-refractivity contribution in [2.45, 2.75) is 32.2 Å². The van der Waals surface area contributed by atoms with Crippen LogP contribution in [0.15, 0.2) is 35.4 Å². The van der Waals surface area contributed by atoms with E-state index in [1.54, 1.807) is 21.9 Å². The fraction of sp³-hybridized carbons (Fsp3) is 0.450. The van der Waals surface area contributed by atoms with Gasteiger partial charge in [-0.3, -0.25) is 28.6 Å². The van der Waals surface area contributed by atoms with E-state index >= 15 is 0 Å². The molecule has 2 fully saturated rings. The number of hydrogen-bond donors (Lipinski definition) is 0. The van der Waals surface area contributed by atoms with Gasteiger partial charge < -0.3 is 4.90 Å². The third-order valence-electron chi connectivity index (χ3n) is 5.60. The number of likely N-dealkylation sites (tertiary alicyclic amines) is 2. The number of amides is 3. The minimum Gasteiger partial charge on any atom is -0.341 e. The first-order valence-corrected chi connectivity index (χ1v) is 9.58. The van der Waals surface area contributed by atoms with Crippen LogP contribution in [0, 0.1) is 5.92 Å². The first kappa shape index (κ1) is 18.3. The van der Waals surface area contributed by atoms with Crippen LogP contribution in [0.3, 0.4) is 0 Å². The Morgan fingerprint density at radius 3 is 2.43 bits per heavy atom. The first-order valence-electron chi connectivity index (χ1n) is 9.58. The van der Waals surface area contributed by atoms with Crippen LogP contribution in [-0.2, 0) is 20.9 Å². The van der Waals surface area contributed by atoms with Crippen LogP contribution in [0.4, 0.5) is 0 Å². The summed E-state index contributed by atoms with van der Waals surface area (Å²) < 4.78 is 1.64. The lowest BCUT2D eigenvalue weighted by Gasteiger charge is -2.33. The Kier molecular flexibility index (Phi) is 4.93.